The predicted octanol–water partition coefficient (Wildman–Crippen LogP) is 17.1. The van der Waals surface area contributed by atoms with E-state index in [2.05, 4.69) is 233 Å². The van der Waals surface area contributed by atoms with E-state index >= 15 is 0 Å². The molecule has 0 radical (unpaired) electrons. The van der Waals surface area contributed by atoms with Crippen molar-refractivity contribution in [2.24, 2.45) is 0 Å². The minimum atomic E-state index is -0.0805. The number of thiophene rings is 1. The van der Waals surface area contributed by atoms with Gasteiger partial charge in [-0.15, -0.1) is 11.3 Å². The number of nitrogens with zero attached hydrogens (tertiary/aromatic N) is 1. The molecule has 0 bridgehead atoms. The van der Waals surface area contributed by atoms with E-state index in [4.69, 9.17) is 0 Å². The first kappa shape index (κ1) is 36.8. The van der Waals surface area contributed by atoms with Gasteiger partial charge < -0.3 is 4.90 Å². The Bertz CT molecular complexity index is 3420. The van der Waals surface area contributed by atoms with Gasteiger partial charge in [-0.2, -0.15) is 0 Å². The lowest BCUT2D eigenvalue weighted by molar-refractivity contribution is 0.660. The summed E-state index contributed by atoms with van der Waals surface area (Å²) >= 11 is 1.88. The Labute approximate surface area is 368 Å². The fraction of sp³-hybridized carbons (Fsp3) is 0.100. The van der Waals surface area contributed by atoms with Crippen LogP contribution in [0.3, 0.4) is 0 Å². The van der Waals surface area contributed by atoms with E-state index in [1.54, 1.807) is 0 Å². The van der Waals surface area contributed by atoms with Crippen molar-refractivity contribution >= 4 is 48.6 Å². The molecule has 1 heterocycles. The first-order valence-electron chi connectivity index (χ1n) is 21.8. The zero-order valence-corrected chi connectivity index (χ0v) is 36.2. The number of anilines is 3. The third-order valence-corrected chi connectivity index (χ3v) is 15.1. The Morgan fingerprint density at radius 2 is 0.903 bits per heavy atom. The Morgan fingerprint density at radius 1 is 0.355 bits per heavy atom. The normalized spacial score (nSPS) is 14.1. The summed E-state index contributed by atoms with van der Waals surface area (Å²) in [6.07, 6.45) is 0. The first-order valence-corrected chi connectivity index (χ1v) is 22.6. The van der Waals surface area contributed by atoms with Crippen LogP contribution in [0.15, 0.2) is 200 Å². The van der Waals surface area contributed by atoms with Gasteiger partial charge in [-0.05, 0) is 109 Å². The van der Waals surface area contributed by atoms with Crippen LogP contribution in [0.4, 0.5) is 17.1 Å². The van der Waals surface area contributed by atoms with Gasteiger partial charge >= 0.3 is 0 Å². The molecule has 0 N–H and O–H groups in total. The molecular weight excluding hydrogens is 767 g/mol. The van der Waals surface area contributed by atoms with Crippen LogP contribution in [0.2, 0.25) is 0 Å². The quantitative estimate of drug-likeness (QED) is 0.162. The molecular formula is C60H45NS. The molecule has 0 unspecified atom stereocenters. The number of hydrogen-bond donors (Lipinski definition) is 0. The Morgan fingerprint density at radius 3 is 1.74 bits per heavy atom. The molecule has 2 aliphatic rings. The topological polar surface area (TPSA) is 3.24 Å². The Kier molecular flexibility index (Phi) is 8.17. The van der Waals surface area contributed by atoms with E-state index in [9.17, 15) is 0 Å². The smallest absolute Gasteiger partial charge is 0.0640 e. The largest absolute Gasteiger partial charge is 0.308 e. The molecule has 0 amide bonds. The lowest BCUT2D eigenvalue weighted by Gasteiger charge is -2.30. The van der Waals surface area contributed by atoms with Gasteiger partial charge in [-0.3, -0.25) is 0 Å². The predicted molar refractivity (Wildman–Crippen MR) is 265 cm³/mol. The van der Waals surface area contributed by atoms with E-state index in [1.165, 1.54) is 104 Å². The monoisotopic (exact) mass is 811 g/mol. The summed E-state index contributed by atoms with van der Waals surface area (Å²) in [5.74, 6) is 0. The Balaban J connectivity index is 1.13. The second-order valence-electron chi connectivity index (χ2n) is 18.0. The van der Waals surface area contributed by atoms with Gasteiger partial charge in [0.15, 0.2) is 0 Å². The van der Waals surface area contributed by atoms with Crippen LogP contribution in [0.1, 0.15) is 49.9 Å². The summed E-state index contributed by atoms with van der Waals surface area (Å²) in [4.78, 5) is 2.54. The molecule has 0 saturated carbocycles. The lowest BCUT2D eigenvalue weighted by atomic mass is 9.82. The second-order valence-corrected chi connectivity index (χ2v) is 19.1. The van der Waals surface area contributed by atoms with Crippen LogP contribution in [0, 0.1) is 0 Å². The lowest BCUT2D eigenvalue weighted by Crippen LogP contribution is -2.14. The van der Waals surface area contributed by atoms with Gasteiger partial charge in [0.2, 0.25) is 0 Å². The van der Waals surface area contributed by atoms with Gasteiger partial charge in [0.25, 0.3) is 0 Å². The van der Waals surface area contributed by atoms with E-state index in [0.29, 0.717) is 0 Å². The number of rotatable bonds is 6. The zero-order valence-electron chi connectivity index (χ0n) is 35.4. The van der Waals surface area contributed by atoms with Crippen molar-refractivity contribution in [3.8, 4) is 55.6 Å². The maximum atomic E-state index is 2.54. The van der Waals surface area contributed by atoms with Gasteiger partial charge in [-0.25, -0.2) is 0 Å². The first-order chi connectivity index (χ1) is 30.3. The van der Waals surface area contributed by atoms with Gasteiger partial charge in [0.05, 0.1) is 16.1 Å². The fourth-order valence-corrected chi connectivity index (χ4v) is 12.1. The zero-order chi connectivity index (χ0) is 41.7. The molecule has 296 valence electrons. The molecule has 0 spiro atoms. The molecule has 0 aliphatic heterocycles. The van der Waals surface area contributed by atoms with E-state index in [0.717, 1.165) is 11.4 Å². The van der Waals surface area contributed by atoms with Crippen LogP contribution in [0.5, 0.6) is 0 Å². The SMILES string of the molecule is CC1(C)c2ccccc2-c2cc(-c3cccc(N(c4cccc(-c5cccc6c5-c5ccccc5C6(C)C)c4)c4cccc5c4sc4ccccc45)c3-c3ccccc3)ccc21. The molecule has 62 heavy (non-hydrogen) atoms. The highest BCUT2D eigenvalue weighted by Gasteiger charge is 2.37. The van der Waals surface area contributed by atoms with Crippen LogP contribution in [0.25, 0.3) is 75.8 Å². The second kappa shape index (κ2) is 13.8. The molecule has 9 aromatic carbocycles. The molecule has 0 atom stereocenters. The van der Waals surface area contributed by atoms with Crippen molar-refractivity contribution in [1.29, 1.82) is 0 Å². The highest BCUT2D eigenvalue weighted by atomic mass is 32.1. The molecule has 10 aromatic rings. The highest BCUT2D eigenvalue weighted by Crippen LogP contribution is 2.55. The van der Waals surface area contributed by atoms with Crippen molar-refractivity contribution in [3.63, 3.8) is 0 Å². The van der Waals surface area contributed by atoms with Crippen LogP contribution >= 0.6 is 11.3 Å². The third-order valence-electron chi connectivity index (χ3n) is 13.9. The molecule has 0 saturated heterocycles. The average Bonchev–Trinajstić information content (AvgIpc) is 3.89. The Hall–Kier alpha value is -7.00. The molecule has 2 aliphatic carbocycles. The number of benzene rings is 9. The average molecular weight is 812 g/mol. The van der Waals surface area contributed by atoms with Crippen molar-refractivity contribution in [2.75, 3.05) is 4.90 Å². The standard InChI is InChI=1S/C60H45NS/c1-59(2)49-28-11-8-22-44(49)48-37-40(34-35-51(48)59)42-26-16-31-53(56(42)38-18-6-5-7-19-38)61(54-32-17-27-46-45-23-10-13-33-55(45)62-58(46)54)41-21-14-20-39(36-41)43-25-15-30-52-57(43)47-24-9-12-29-50(47)60(52,3)4/h5-37H,1-4H3. The van der Waals surface area contributed by atoms with Crippen molar-refractivity contribution in [2.45, 2.75) is 38.5 Å². The minimum absolute atomic E-state index is 0.0595. The summed E-state index contributed by atoms with van der Waals surface area (Å²) in [7, 11) is 0. The molecule has 1 aromatic heterocycles. The van der Waals surface area contributed by atoms with Crippen LogP contribution in [-0.4, -0.2) is 0 Å². The molecule has 1 nitrogen and oxygen atoms in total. The minimum Gasteiger partial charge on any atom is -0.308 e. The van der Waals surface area contributed by atoms with Crippen molar-refractivity contribution in [1.82, 2.24) is 0 Å². The maximum Gasteiger partial charge on any atom is 0.0640 e. The number of hydrogen-bond acceptors (Lipinski definition) is 2. The van der Waals surface area contributed by atoms with Crippen molar-refractivity contribution in [3.05, 3.63) is 222 Å². The van der Waals surface area contributed by atoms with Crippen LogP contribution in [-0.2, 0) is 10.8 Å². The van der Waals surface area contributed by atoms with Gasteiger partial charge in [0.1, 0.15) is 0 Å². The number of fused-ring (bicyclic) bond motifs is 9. The summed E-state index contributed by atoms with van der Waals surface area (Å²) in [5.41, 5.74) is 21.5. The van der Waals surface area contributed by atoms with E-state index < -0.39 is 0 Å². The molecule has 12 rings (SSSR count). The molecule has 0 fully saturated rings. The van der Waals surface area contributed by atoms with Gasteiger partial charge in [-0.1, -0.05) is 191 Å². The van der Waals surface area contributed by atoms with Crippen molar-refractivity contribution < 1.29 is 0 Å². The summed E-state index contributed by atoms with van der Waals surface area (Å²) in [6.45, 7) is 9.45. The van der Waals surface area contributed by atoms with Crippen LogP contribution < -0.4 is 4.90 Å². The summed E-state index contributed by atoms with van der Waals surface area (Å²) < 4.78 is 2.57. The van der Waals surface area contributed by atoms with E-state index in [1.807, 2.05) is 11.3 Å². The van der Waals surface area contributed by atoms with Gasteiger partial charge in [0, 0.05) is 37.6 Å². The third kappa shape index (κ3) is 5.39. The summed E-state index contributed by atoms with van der Waals surface area (Å²) in [5, 5.41) is 2.57. The van der Waals surface area contributed by atoms with E-state index in [-0.39, 0.29) is 10.8 Å². The fourth-order valence-electron chi connectivity index (χ4n) is 10.9. The summed E-state index contributed by atoms with van der Waals surface area (Å²) in [6, 6.07) is 74.9. The maximum absolute atomic E-state index is 2.54. The highest BCUT2D eigenvalue weighted by molar-refractivity contribution is 7.26. The molecule has 2 heteroatoms.